The number of para-hydroxylation sites is 1. The van der Waals surface area contributed by atoms with Gasteiger partial charge in [0.1, 0.15) is 0 Å². The van der Waals surface area contributed by atoms with Gasteiger partial charge in [0.25, 0.3) is 5.91 Å². The number of hydrogen-bond acceptors (Lipinski definition) is 3. The number of carbonyl (C=O) groups excluding carboxylic acids is 3. The van der Waals surface area contributed by atoms with Gasteiger partial charge in [-0.05, 0) is 55.2 Å². The molecule has 1 fully saturated rings. The second-order valence-electron chi connectivity index (χ2n) is 6.71. The van der Waals surface area contributed by atoms with E-state index in [0.717, 1.165) is 24.9 Å². The minimum absolute atomic E-state index is 0.0509. The van der Waals surface area contributed by atoms with Gasteiger partial charge in [0, 0.05) is 30.6 Å². The molecule has 0 bridgehead atoms. The van der Waals surface area contributed by atoms with Crippen LogP contribution < -0.4 is 9.80 Å². The van der Waals surface area contributed by atoms with Crippen LogP contribution >= 0.6 is 0 Å². The van der Waals surface area contributed by atoms with E-state index in [0.29, 0.717) is 17.8 Å². The van der Waals surface area contributed by atoms with Crippen molar-refractivity contribution in [2.75, 3.05) is 16.3 Å². The van der Waals surface area contributed by atoms with Gasteiger partial charge in [-0.2, -0.15) is 0 Å². The lowest BCUT2D eigenvalue weighted by atomic mass is 10.1. The van der Waals surface area contributed by atoms with Gasteiger partial charge in [-0.1, -0.05) is 18.2 Å². The number of imide groups is 1. The van der Waals surface area contributed by atoms with E-state index >= 15 is 0 Å². The average molecular weight is 348 g/mol. The van der Waals surface area contributed by atoms with Gasteiger partial charge in [0.15, 0.2) is 0 Å². The van der Waals surface area contributed by atoms with Crippen molar-refractivity contribution in [1.82, 2.24) is 0 Å². The Labute approximate surface area is 152 Å². The molecular weight excluding hydrogens is 328 g/mol. The number of fused-ring (bicyclic) bond motifs is 1. The van der Waals surface area contributed by atoms with E-state index in [9.17, 15) is 14.4 Å². The van der Waals surface area contributed by atoms with Gasteiger partial charge >= 0.3 is 0 Å². The van der Waals surface area contributed by atoms with E-state index in [1.807, 2.05) is 23.1 Å². The van der Waals surface area contributed by atoms with Crippen molar-refractivity contribution in [2.45, 2.75) is 32.1 Å². The van der Waals surface area contributed by atoms with Gasteiger partial charge in [-0.15, -0.1) is 0 Å². The Balaban J connectivity index is 1.61. The monoisotopic (exact) mass is 348 g/mol. The molecule has 1 saturated heterocycles. The van der Waals surface area contributed by atoms with Crippen molar-refractivity contribution in [1.29, 1.82) is 0 Å². The molecule has 5 nitrogen and oxygen atoms in total. The molecule has 132 valence electrons. The maximum Gasteiger partial charge on any atom is 0.258 e. The second-order valence-corrected chi connectivity index (χ2v) is 6.71. The summed E-state index contributed by atoms with van der Waals surface area (Å²) in [5.41, 5.74) is 3.27. The quantitative estimate of drug-likeness (QED) is 0.782. The molecule has 2 aliphatic heterocycles. The Kier molecular flexibility index (Phi) is 4.29. The predicted octanol–water partition coefficient (Wildman–Crippen LogP) is 3.32. The topological polar surface area (TPSA) is 57.7 Å². The molecule has 3 amide bonds. The van der Waals surface area contributed by atoms with E-state index < -0.39 is 0 Å². The molecule has 5 heteroatoms. The highest BCUT2D eigenvalue weighted by Crippen LogP contribution is 2.28. The number of anilines is 2. The third kappa shape index (κ3) is 2.90. The van der Waals surface area contributed by atoms with Crippen molar-refractivity contribution < 1.29 is 14.4 Å². The number of benzene rings is 2. The van der Waals surface area contributed by atoms with Crippen molar-refractivity contribution in [3.8, 4) is 0 Å². The molecule has 0 spiro atoms. The molecule has 0 unspecified atom stereocenters. The van der Waals surface area contributed by atoms with Crippen LogP contribution in [0.4, 0.5) is 11.4 Å². The lowest BCUT2D eigenvalue weighted by Gasteiger charge is -2.23. The second kappa shape index (κ2) is 6.75. The van der Waals surface area contributed by atoms with Crippen LogP contribution in [-0.4, -0.2) is 24.3 Å². The Bertz CT molecular complexity index is 857. The first-order valence-corrected chi connectivity index (χ1v) is 9.01. The highest BCUT2D eigenvalue weighted by molar-refractivity contribution is 6.20. The molecule has 2 aromatic carbocycles. The molecule has 0 saturated carbocycles. The molecule has 0 atom stereocenters. The first kappa shape index (κ1) is 16.5. The lowest BCUT2D eigenvalue weighted by molar-refractivity contribution is -0.121. The summed E-state index contributed by atoms with van der Waals surface area (Å²) in [6.45, 7) is 0.695. The first-order chi connectivity index (χ1) is 12.6. The minimum atomic E-state index is -0.185. The van der Waals surface area contributed by atoms with E-state index in [4.69, 9.17) is 0 Å². The summed E-state index contributed by atoms with van der Waals surface area (Å²) in [4.78, 5) is 39.8. The van der Waals surface area contributed by atoms with Gasteiger partial charge in [0.2, 0.25) is 11.8 Å². The fourth-order valence-electron chi connectivity index (χ4n) is 3.68. The normalized spacial score (nSPS) is 17.2. The minimum Gasteiger partial charge on any atom is -0.308 e. The van der Waals surface area contributed by atoms with Crippen LogP contribution in [0.2, 0.25) is 0 Å². The summed E-state index contributed by atoms with van der Waals surface area (Å²) >= 11 is 0. The summed E-state index contributed by atoms with van der Waals surface area (Å²) in [6, 6.07) is 14.8. The smallest absolute Gasteiger partial charge is 0.258 e. The number of aryl methyl sites for hydroxylation is 1. The van der Waals surface area contributed by atoms with Crippen LogP contribution in [0, 0.1) is 0 Å². The van der Waals surface area contributed by atoms with Crippen molar-refractivity contribution in [2.24, 2.45) is 0 Å². The van der Waals surface area contributed by atoms with Crippen LogP contribution in [0.15, 0.2) is 48.5 Å². The summed E-state index contributed by atoms with van der Waals surface area (Å²) in [6.07, 6.45) is 3.53. The summed E-state index contributed by atoms with van der Waals surface area (Å²) in [5.74, 6) is -0.420. The van der Waals surface area contributed by atoms with E-state index in [1.165, 1.54) is 10.5 Å². The Morgan fingerprint density at radius 2 is 1.50 bits per heavy atom. The molecule has 2 aliphatic rings. The van der Waals surface area contributed by atoms with E-state index in [1.54, 1.807) is 24.3 Å². The summed E-state index contributed by atoms with van der Waals surface area (Å²) < 4.78 is 0. The zero-order valence-corrected chi connectivity index (χ0v) is 14.5. The molecule has 0 radical (unpaired) electrons. The SMILES string of the molecule is O=C(c1ccc(N2C(=O)CCC2=O)cc1)N1CCCCc2ccccc21. The molecule has 26 heavy (non-hydrogen) atoms. The fraction of sp³-hybridized carbons (Fsp3) is 0.286. The van der Waals surface area contributed by atoms with Crippen LogP contribution in [0.1, 0.15) is 41.6 Å². The number of rotatable bonds is 2. The largest absolute Gasteiger partial charge is 0.308 e. The van der Waals surface area contributed by atoms with Crippen molar-refractivity contribution in [3.05, 3.63) is 59.7 Å². The van der Waals surface area contributed by atoms with Crippen molar-refractivity contribution >= 4 is 29.1 Å². The first-order valence-electron chi connectivity index (χ1n) is 9.01. The van der Waals surface area contributed by atoms with Crippen LogP contribution in [0.3, 0.4) is 0 Å². The molecule has 4 rings (SSSR count). The van der Waals surface area contributed by atoms with E-state index in [-0.39, 0.29) is 30.6 Å². The van der Waals surface area contributed by atoms with Crippen molar-refractivity contribution in [3.63, 3.8) is 0 Å². The highest BCUT2D eigenvalue weighted by atomic mass is 16.2. The Hall–Kier alpha value is -2.95. The Morgan fingerprint density at radius 1 is 0.808 bits per heavy atom. The molecular formula is C21H20N2O3. The van der Waals surface area contributed by atoms with Gasteiger partial charge in [-0.25, -0.2) is 0 Å². The predicted molar refractivity (Wildman–Crippen MR) is 99.2 cm³/mol. The maximum atomic E-state index is 13.1. The number of hydrogen-bond donors (Lipinski definition) is 0. The van der Waals surface area contributed by atoms with Gasteiger partial charge in [-0.3, -0.25) is 19.3 Å². The summed E-state index contributed by atoms with van der Waals surface area (Å²) in [7, 11) is 0. The zero-order chi connectivity index (χ0) is 18.1. The van der Waals surface area contributed by atoms with Crippen LogP contribution in [-0.2, 0) is 16.0 Å². The number of nitrogens with zero attached hydrogens (tertiary/aromatic N) is 2. The summed E-state index contributed by atoms with van der Waals surface area (Å²) in [5, 5.41) is 0. The average Bonchev–Trinajstić information content (AvgIpc) is 2.88. The number of amides is 3. The Morgan fingerprint density at radius 3 is 2.23 bits per heavy atom. The third-order valence-electron chi connectivity index (χ3n) is 5.03. The van der Waals surface area contributed by atoms with Gasteiger partial charge < -0.3 is 4.90 Å². The molecule has 0 N–H and O–H groups in total. The molecule has 0 aromatic heterocycles. The lowest BCUT2D eigenvalue weighted by Crippen LogP contribution is -2.32. The third-order valence-corrected chi connectivity index (χ3v) is 5.03. The standard InChI is InChI=1S/C21H20N2O3/c24-19-12-13-20(25)23(19)17-10-8-16(9-11-17)21(26)22-14-4-3-6-15-5-1-2-7-18(15)22/h1-2,5,7-11H,3-4,6,12-14H2. The van der Waals surface area contributed by atoms with Crippen LogP contribution in [0.5, 0.6) is 0 Å². The fourth-order valence-corrected chi connectivity index (χ4v) is 3.68. The highest BCUT2D eigenvalue weighted by Gasteiger charge is 2.30. The number of carbonyl (C=O) groups is 3. The molecule has 0 aliphatic carbocycles. The zero-order valence-electron chi connectivity index (χ0n) is 14.5. The van der Waals surface area contributed by atoms with Crippen LogP contribution in [0.25, 0.3) is 0 Å². The van der Waals surface area contributed by atoms with E-state index in [2.05, 4.69) is 6.07 Å². The maximum absolute atomic E-state index is 13.1. The molecule has 2 heterocycles. The molecule has 2 aromatic rings. The van der Waals surface area contributed by atoms with Gasteiger partial charge in [0.05, 0.1) is 5.69 Å².